The van der Waals surface area contributed by atoms with E-state index < -0.39 is 6.10 Å². The molecule has 35 heavy (non-hydrogen) atoms. The number of aliphatic hydroxyl groups excluding tert-OH is 1. The van der Waals surface area contributed by atoms with Gasteiger partial charge in [-0.1, -0.05) is 121 Å². The summed E-state index contributed by atoms with van der Waals surface area (Å²) in [6.07, 6.45) is 0.855. The summed E-state index contributed by atoms with van der Waals surface area (Å²) in [4.78, 5) is 4.72. The molecular formula is C31H28N2O2. The van der Waals surface area contributed by atoms with E-state index in [0.717, 1.165) is 33.6 Å². The number of aliphatic hydroxyl groups is 1. The smallest absolute Gasteiger partial charge is 0.108 e. The second-order valence-electron chi connectivity index (χ2n) is 8.51. The van der Waals surface area contributed by atoms with E-state index in [9.17, 15) is 5.11 Å². The van der Waals surface area contributed by atoms with Crippen LogP contribution in [0.3, 0.4) is 0 Å². The standard InChI is InChI=1S/C31H28N2O2/c34-28(22-35-31(26-17-9-3-10-18-26)27-19-11-4-12-20-27)21-33-23-32-29(24-13-5-1-6-14-24)30(33)25-15-7-2-8-16-25/h1-20,23,28,31,34H,21-22H2. The van der Waals surface area contributed by atoms with Crippen LogP contribution in [-0.4, -0.2) is 27.4 Å². The first-order valence-corrected chi connectivity index (χ1v) is 11.8. The minimum atomic E-state index is -0.704. The quantitative estimate of drug-likeness (QED) is 0.277. The Morgan fingerprint density at radius 3 is 1.69 bits per heavy atom. The molecule has 4 heteroatoms. The van der Waals surface area contributed by atoms with Gasteiger partial charge in [0.05, 0.1) is 37.0 Å². The third kappa shape index (κ3) is 5.40. The van der Waals surface area contributed by atoms with Crippen LogP contribution in [0.15, 0.2) is 128 Å². The van der Waals surface area contributed by atoms with Crippen LogP contribution < -0.4 is 0 Å². The van der Waals surface area contributed by atoms with Gasteiger partial charge in [-0.25, -0.2) is 4.98 Å². The number of hydrogen-bond donors (Lipinski definition) is 1. The van der Waals surface area contributed by atoms with Crippen LogP contribution in [0, 0.1) is 0 Å². The van der Waals surface area contributed by atoms with E-state index in [1.165, 1.54) is 0 Å². The van der Waals surface area contributed by atoms with E-state index in [1.54, 1.807) is 6.33 Å². The van der Waals surface area contributed by atoms with Crippen molar-refractivity contribution in [2.75, 3.05) is 6.61 Å². The summed E-state index contributed by atoms with van der Waals surface area (Å²) < 4.78 is 8.32. The zero-order chi connectivity index (χ0) is 23.9. The summed E-state index contributed by atoms with van der Waals surface area (Å²) in [6, 6.07) is 40.6. The molecule has 1 heterocycles. The van der Waals surface area contributed by atoms with Crippen molar-refractivity contribution in [1.82, 2.24) is 9.55 Å². The monoisotopic (exact) mass is 460 g/mol. The highest BCUT2D eigenvalue weighted by molar-refractivity contribution is 5.78. The summed E-state index contributed by atoms with van der Waals surface area (Å²) in [7, 11) is 0. The number of benzene rings is 4. The molecule has 1 unspecified atom stereocenters. The Bertz CT molecular complexity index is 1280. The molecule has 1 N–H and O–H groups in total. The van der Waals surface area contributed by atoms with Crippen LogP contribution in [0.4, 0.5) is 0 Å². The average Bonchev–Trinajstić information content (AvgIpc) is 3.34. The van der Waals surface area contributed by atoms with E-state index in [1.807, 2.05) is 77.4 Å². The number of rotatable bonds is 9. The second-order valence-corrected chi connectivity index (χ2v) is 8.51. The molecule has 0 fully saturated rings. The van der Waals surface area contributed by atoms with Crippen molar-refractivity contribution >= 4 is 0 Å². The fourth-order valence-corrected chi connectivity index (χ4v) is 4.35. The van der Waals surface area contributed by atoms with Crippen molar-refractivity contribution < 1.29 is 9.84 Å². The Morgan fingerprint density at radius 1 is 0.657 bits per heavy atom. The van der Waals surface area contributed by atoms with Crippen molar-refractivity contribution in [2.24, 2.45) is 0 Å². The lowest BCUT2D eigenvalue weighted by molar-refractivity contribution is -0.000407. The van der Waals surface area contributed by atoms with Crippen LogP contribution in [-0.2, 0) is 11.3 Å². The number of aromatic nitrogens is 2. The SMILES string of the molecule is OC(COC(c1ccccc1)c1ccccc1)Cn1cnc(-c2ccccc2)c1-c1ccccc1. The molecule has 4 nitrogen and oxygen atoms in total. The lowest BCUT2D eigenvalue weighted by Gasteiger charge is -2.22. The summed E-state index contributed by atoms with van der Waals surface area (Å²) in [5.74, 6) is 0. The van der Waals surface area contributed by atoms with Crippen LogP contribution in [0.2, 0.25) is 0 Å². The predicted molar refractivity (Wildman–Crippen MR) is 140 cm³/mol. The third-order valence-electron chi connectivity index (χ3n) is 6.00. The minimum absolute atomic E-state index is 0.196. The molecule has 4 aromatic carbocycles. The average molecular weight is 461 g/mol. The van der Waals surface area contributed by atoms with Gasteiger partial charge in [0.2, 0.25) is 0 Å². The number of ether oxygens (including phenoxy) is 1. The summed E-state index contributed by atoms with van der Waals surface area (Å²) in [6.45, 7) is 0.571. The maximum absolute atomic E-state index is 11.0. The van der Waals surface area contributed by atoms with Gasteiger partial charge >= 0.3 is 0 Å². The second kappa shape index (κ2) is 11.0. The number of hydrogen-bond acceptors (Lipinski definition) is 3. The van der Waals surface area contributed by atoms with Gasteiger partial charge in [-0.2, -0.15) is 0 Å². The van der Waals surface area contributed by atoms with Crippen molar-refractivity contribution in [2.45, 2.75) is 18.8 Å². The van der Waals surface area contributed by atoms with Crippen LogP contribution in [0.5, 0.6) is 0 Å². The Hall–Kier alpha value is -3.99. The van der Waals surface area contributed by atoms with Gasteiger partial charge in [0, 0.05) is 11.1 Å². The number of imidazole rings is 1. The van der Waals surface area contributed by atoms with Crippen LogP contribution in [0.25, 0.3) is 22.5 Å². The van der Waals surface area contributed by atoms with Gasteiger partial charge in [-0.15, -0.1) is 0 Å². The molecule has 0 radical (unpaired) electrons. The molecular weight excluding hydrogens is 432 g/mol. The fourth-order valence-electron chi connectivity index (χ4n) is 4.35. The Labute approximate surface area is 206 Å². The highest BCUT2D eigenvalue weighted by Crippen LogP contribution is 2.31. The predicted octanol–water partition coefficient (Wildman–Crippen LogP) is 6.38. The first-order chi connectivity index (χ1) is 17.3. The molecule has 0 amide bonds. The first kappa shape index (κ1) is 22.8. The van der Waals surface area contributed by atoms with Crippen molar-refractivity contribution in [3.05, 3.63) is 139 Å². The van der Waals surface area contributed by atoms with Crippen molar-refractivity contribution in [3.8, 4) is 22.5 Å². The Balaban J connectivity index is 1.38. The Morgan fingerprint density at radius 2 is 1.14 bits per heavy atom. The lowest BCUT2D eigenvalue weighted by Crippen LogP contribution is -2.23. The molecule has 0 aliphatic carbocycles. The van der Waals surface area contributed by atoms with Gasteiger partial charge in [0.25, 0.3) is 0 Å². The maximum atomic E-state index is 11.0. The molecule has 0 saturated carbocycles. The zero-order valence-electron chi connectivity index (χ0n) is 19.4. The highest BCUT2D eigenvalue weighted by atomic mass is 16.5. The molecule has 1 aromatic heterocycles. The summed E-state index contributed by atoms with van der Waals surface area (Å²) >= 11 is 0. The summed E-state index contributed by atoms with van der Waals surface area (Å²) in [5, 5.41) is 11.0. The molecule has 5 rings (SSSR count). The topological polar surface area (TPSA) is 47.3 Å². The molecule has 0 spiro atoms. The highest BCUT2D eigenvalue weighted by Gasteiger charge is 2.20. The molecule has 0 saturated heterocycles. The van der Waals surface area contributed by atoms with Crippen molar-refractivity contribution in [3.63, 3.8) is 0 Å². The van der Waals surface area contributed by atoms with Gasteiger partial charge in [0.15, 0.2) is 0 Å². The molecule has 1 atom stereocenters. The van der Waals surface area contributed by atoms with Crippen molar-refractivity contribution in [1.29, 1.82) is 0 Å². The maximum Gasteiger partial charge on any atom is 0.108 e. The van der Waals surface area contributed by atoms with Crippen LogP contribution in [0.1, 0.15) is 17.2 Å². The first-order valence-electron chi connectivity index (χ1n) is 11.8. The molecule has 0 bridgehead atoms. The molecule has 5 aromatic rings. The van der Waals surface area contributed by atoms with E-state index in [0.29, 0.717) is 6.54 Å². The van der Waals surface area contributed by atoms with E-state index in [4.69, 9.17) is 9.72 Å². The van der Waals surface area contributed by atoms with Gasteiger partial charge < -0.3 is 14.4 Å². The number of nitrogens with zero attached hydrogens (tertiary/aromatic N) is 2. The van der Waals surface area contributed by atoms with E-state index >= 15 is 0 Å². The molecule has 174 valence electrons. The van der Waals surface area contributed by atoms with Gasteiger partial charge in [-0.3, -0.25) is 0 Å². The minimum Gasteiger partial charge on any atom is -0.389 e. The van der Waals surface area contributed by atoms with Gasteiger partial charge in [-0.05, 0) is 11.1 Å². The van der Waals surface area contributed by atoms with Gasteiger partial charge in [0.1, 0.15) is 6.10 Å². The zero-order valence-corrected chi connectivity index (χ0v) is 19.4. The third-order valence-corrected chi connectivity index (χ3v) is 6.00. The summed E-state index contributed by atoms with van der Waals surface area (Å²) in [5.41, 5.74) is 6.11. The Kier molecular flexibility index (Phi) is 7.13. The van der Waals surface area contributed by atoms with E-state index in [-0.39, 0.29) is 12.7 Å². The molecule has 0 aliphatic heterocycles. The fraction of sp³-hybridized carbons (Fsp3) is 0.129. The lowest BCUT2D eigenvalue weighted by atomic mass is 10.0. The van der Waals surface area contributed by atoms with E-state index in [2.05, 4.69) is 48.5 Å². The molecule has 0 aliphatic rings. The normalized spacial score (nSPS) is 12.1. The largest absolute Gasteiger partial charge is 0.389 e. The van der Waals surface area contributed by atoms with Crippen LogP contribution >= 0.6 is 0 Å².